The molecule has 1 atom stereocenters. The predicted molar refractivity (Wildman–Crippen MR) is 82.6 cm³/mol. The summed E-state index contributed by atoms with van der Waals surface area (Å²) in [4.78, 5) is 4.01. The zero-order valence-electron chi connectivity index (χ0n) is 10.7. The van der Waals surface area contributed by atoms with Crippen LogP contribution in [0.1, 0.15) is 18.4 Å². The van der Waals surface area contributed by atoms with Crippen LogP contribution in [0, 0.1) is 5.92 Å². The van der Waals surface area contributed by atoms with Gasteiger partial charge in [0.15, 0.2) is 0 Å². The molecule has 1 heterocycles. The lowest BCUT2D eigenvalue weighted by Crippen LogP contribution is -2.34. The van der Waals surface area contributed by atoms with Gasteiger partial charge in [0.05, 0.1) is 12.9 Å². The molecule has 1 aromatic carbocycles. The Labute approximate surface area is 134 Å². The zero-order valence-corrected chi connectivity index (χ0v) is 13.0. The second-order valence-electron chi connectivity index (χ2n) is 5.06. The lowest BCUT2D eigenvalue weighted by molar-refractivity contribution is -0.00445. The SMILES string of the molecule is Cl.OC(Cn1ccnc1)(c1ccc(Cl)cc1Cl)C1CC1. The fourth-order valence-corrected chi connectivity index (χ4v) is 3.07. The molecule has 0 radical (unpaired) electrons. The number of aromatic nitrogens is 2. The van der Waals surface area contributed by atoms with E-state index in [1.807, 2.05) is 16.8 Å². The van der Waals surface area contributed by atoms with E-state index in [1.165, 1.54) is 0 Å². The van der Waals surface area contributed by atoms with Crippen molar-refractivity contribution in [2.75, 3.05) is 0 Å². The summed E-state index contributed by atoms with van der Waals surface area (Å²) in [5.74, 6) is 0.244. The monoisotopic (exact) mass is 332 g/mol. The van der Waals surface area contributed by atoms with Crippen molar-refractivity contribution < 1.29 is 5.11 Å². The quantitative estimate of drug-likeness (QED) is 0.921. The van der Waals surface area contributed by atoms with E-state index in [4.69, 9.17) is 23.2 Å². The van der Waals surface area contributed by atoms with E-state index in [0.29, 0.717) is 16.6 Å². The average molecular weight is 334 g/mol. The Morgan fingerprint density at radius 1 is 1.35 bits per heavy atom. The van der Waals surface area contributed by atoms with Gasteiger partial charge in [0.2, 0.25) is 0 Å². The molecule has 108 valence electrons. The van der Waals surface area contributed by atoms with Gasteiger partial charge in [0, 0.05) is 28.0 Å². The molecule has 1 fully saturated rings. The van der Waals surface area contributed by atoms with E-state index in [1.54, 1.807) is 24.7 Å². The number of aliphatic hydroxyl groups is 1. The molecule has 0 spiro atoms. The minimum atomic E-state index is -0.956. The van der Waals surface area contributed by atoms with Gasteiger partial charge in [-0.1, -0.05) is 29.3 Å². The van der Waals surface area contributed by atoms with Crippen LogP contribution in [0.3, 0.4) is 0 Å². The van der Waals surface area contributed by atoms with E-state index >= 15 is 0 Å². The highest BCUT2D eigenvalue weighted by atomic mass is 35.5. The van der Waals surface area contributed by atoms with Crippen LogP contribution in [0.15, 0.2) is 36.9 Å². The summed E-state index contributed by atoms with van der Waals surface area (Å²) >= 11 is 12.2. The van der Waals surface area contributed by atoms with Gasteiger partial charge >= 0.3 is 0 Å². The molecule has 1 N–H and O–H groups in total. The van der Waals surface area contributed by atoms with Crippen LogP contribution >= 0.6 is 35.6 Å². The lowest BCUT2D eigenvalue weighted by Gasteiger charge is -2.30. The second kappa shape index (κ2) is 5.94. The Kier molecular flexibility index (Phi) is 4.65. The number of rotatable bonds is 4. The maximum atomic E-state index is 11.1. The number of imidazole rings is 1. The van der Waals surface area contributed by atoms with Crippen LogP contribution in [-0.4, -0.2) is 14.7 Å². The molecule has 3 nitrogen and oxygen atoms in total. The average Bonchev–Trinajstić information content (AvgIpc) is 3.10. The first kappa shape index (κ1) is 15.6. The van der Waals surface area contributed by atoms with Crippen molar-refractivity contribution in [3.05, 3.63) is 52.5 Å². The van der Waals surface area contributed by atoms with E-state index in [0.717, 1.165) is 18.4 Å². The minimum absolute atomic E-state index is 0. The Bertz CT molecular complexity index is 584. The normalized spacial score (nSPS) is 17.4. The van der Waals surface area contributed by atoms with E-state index in [2.05, 4.69) is 4.98 Å². The molecule has 1 aliphatic rings. The maximum Gasteiger partial charge on any atom is 0.112 e. The third-order valence-corrected chi connectivity index (χ3v) is 4.18. The molecule has 0 aliphatic heterocycles. The number of hydrogen-bond acceptors (Lipinski definition) is 2. The van der Waals surface area contributed by atoms with Gasteiger partial charge < -0.3 is 9.67 Å². The molecule has 3 rings (SSSR count). The van der Waals surface area contributed by atoms with Crippen LogP contribution in [0.25, 0.3) is 0 Å². The first-order chi connectivity index (χ1) is 9.09. The first-order valence-electron chi connectivity index (χ1n) is 6.23. The van der Waals surface area contributed by atoms with Gasteiger partial charge in [-0.15, -0.1) is 12.4 Å². The van der Waals surface area contributed by atoms with E-state index < -0.39 is 5.60 Å². The minimum Gasteiger partial charge on any atom is -0.383 e. The summed E-state index contributed by atoms with van der Waals surface area (Å²) < 4.78 is 1.88. The highest BCUT2D eigenvalue weighted by molar-refractivity contribution is 6.35. The van der Waals surface area contributed by atoms with Crippen molar-refractivity contribution >= 4 is 35.6 Å². The van der Waals surface area contributed by atoms with E-state index in [9.17, 15) is 5.11 Å². The van der Waals surface area contributed by atoms with Gasteiger partial charge in [0.25, 0.3) is 0 Å². The molecule has 20 heavy (non-hydrogen) atoms. The molecular formula is C14H15Cl3N2O. The second-order valence-corrected chi connectivity index (χ2v) is 5.90. The topological polar surface area (TPSA) is 38.0 Å². The van der Waals surface area contributed by atoms with Crippen molar-refractivity contribution in [3.63, 3.8) is 0 Å². The zero-order chi connectivity index (χ0) is 13.5. The van der Waals surface area contributed by atoms with Crippen molar-refractivity contribution in [2.24, 2.45) is 5.92 Å². The Hall–Kier alpha value is -0.740. The molecule has 6 heteroatoms. The molecule has 1 aliphatic carbocycles. The number of halogens is 3. The standard InChI is InChI=1S/C14H14Cl2N2O.ClH/c15-11-3-4-12(13(16)7-11)14(19,10-1-2-10)8-18-6-5-17-9-18;/h3-7,9-10,19H,1-2,8H2;1H. The summed E-state index contributed by atoms with van der Waals surface area (Å²) in [6.07, 6.45) is 7.29. The molecule has 0 amide bonds. The highest BCUT2D eigenvalue weighted by Crippen LogP contribution is 2.48. The Balaban J connectivity index is 0.00000147. The predicted octanol–water partition coefficient (Wildman–Crippen LogP) is 3.91. The molecule has 1 aromatic heterocycles. The number of benzene rings is 1. The highest BCUT2D eigenvalue weighted by Gasteiger charge is 2.46. The Morgan fingerprint density at radius 2 is 2.10 bits per heavy atom. The van der Waals surface area contributed by atoms with Gasteiger partial charge in [-0.2, -0.15) is 0 Å². The van der Waals surface area contributed by atoms with Crippen LogP contribution in [0.4, 0.5) is 0 Å². The van der Waals surface area contributed by atoms with Crippen molar-refractivity contribution in [2.45, 2.75) is 25.0 Å². The van der Waals surface area contributed by atoms with Gasteiger partial charge in [-0.3, -0.25) is 0 Å². The molecule has 0 bridgehead atoms. The summed E-state index contributed by atoms with van der Waals surface area (Å²) in [5, 5.41) is 12.2. The maximum absolute atomic E-state index is 11.1. The smallest absolute Gasteiger partial charge is 0.112 e. The summed E-state index contributed by atoms with van der Waals surface area (Å²) in [6.45, 7) is 0.457. The molecule has 1 saturated carbocycles. The van der Waals surface area contributed by atoms with Crippen LogP contribution in [0.2, 0.25) is 10.0 Å². The van der Waals surface area contributed by atoms with Gasteiger partial charge in [0.1, 0.15) is 5.60 Å². The Morgan fingerprint density at radius 3 is 2.65 bits per heavy atom. The van der Waals surface area contributed by atoms with Crippen LogP contribution < -0.4 is 0 Å². The fraction of sp³-hybridized carbons (Fsp3) is 0.357. The van der Waals surface area contributed by atoms with Crippen molar-refractivity contribution in [1.29, 1.82) is 0 Å². The van der Waals surface area contributed by atoms with Gasteiger partial charge in [-0.25, -0.2) is 4.98 Å². The summed E-state index contributed by atoms with van der Waals surface area (Å²) in [7, 11) is 0. The van der Waals surface area contributed by atoms with Crippen LogP contribution in [-0.2, 0) is 12.1 Å². The van der Waals surface area contributed by atoms with Crippen LogP contribution in [0.5, 0.6) is 0 Å². The molecule has 2 aromatic rings. The summed E-state index contributed by atoms with van der Waals surface area (Å²) in [6, 6.07) is 5.27. The number of nitrogens with zero attached hydrogens (tertiary/aromatic N) is 2. The molecular weight excluding hydrogens is 319 g/mol. The first-order valence-corrected chi connectivity index (χ1v) is 6.99. The van der Waals surface area contributed by atoms with Crippen molar-refractivity contribution in [1.82, 2.24) is 9.55 Å². The molecule has 0 saturated heterocycles. The fourth-order valence-electron chi connectivity index (χ4n) is 2.49. The van der Waals surface area contributed by atoms with Gasteiger partial charge in [-0.05, 0) is 30.9 Å². The number of hydrogen-bond donors (Lipinski definition) is 1. The third kappa shape index (κ3) is 2.96. The van der Waals surface area contributed by atoms with E-state index in [-0.39, 0.29) is 18.3 Å². The molecule has 1 unspecified atom stereocenters. The largest absolute Gasteiger partial charge is 0.383 e. The third-order valence-electron chi connectivity index (χ3n) is 3.63. The van der Waals surface area contributed by atoms with Crippen molar-refractivity contribution in [3.8, 4) is 0 Å². The lowest BCUT2D eigenvalue weighted by atomic mass is 9.88. The summed E-state index contributed by atoms with van der Waals surface area (Å²) in [5.41, 5.74) is -0.211.